The smallest absolute Gasteiger partial charge is 0.157 e. The highest BCUT2D eigenvalue weighted by Crippen LogP contribution is 2.24. The maximum atomic E-state index is 11.1. The fourth-order valence-corrected chi connectivity index (χ4v) is 2.89. The van der Waals surface area contributed by atoms with Gasteiger partial charge in [-0.1, -0.05) is 0 Å². The maximum absolute atomic E-state index is 11.1. The summed E-state index contributed by atoms with van der Waals surface area (Å²) in [6.07, 6.45) is 3.33. The molecular weight excluding hydrogens is 274 g/mol. The van der Waals surface area contributed by atoms with Crippen LogP contribution in [0.3, 0.4) is 0 Å². The lowest BCUT2D eigenvalue weighted by Crippen LogP contribution is -2.15. The Morgan fingerprint density at radius 2 is 2.33 bits per heavy atom. The number of hydrogen-bond acceptors (Lipinski definition) is 3. The summed E-state index contributed by atoms with van der Waals surface area (Å²) in [5.74, 6) is 0.253. The van der Waals surface area contributed by atoms with Crippen LogP contribution in [0.15, 0.2) is 27.0 Å². The second-order valence-electron chi connectivity index (χ2n) is 3.72. The molecule has 0 aromatic carbocycles. The monoisotopic (exact) mass is 285 g/mol. The normalized spacial score (nSPS) is 15.6. The first-order chi connectivity index (χ1) is 7.15. The van der Waals surface area contributed by atoms with Crippen molar-refractivity contribution in [3.63, 3.8) is 0 Å². The van der Waals surface area contributed by atoms with Crippen LogP contribution in [0.4, 0.5) is 0 Å². The number of allylic oxidation sites excluding steroid dienone is 2. The number of nitrogens with zero attached hydrogens (tertiary/aromatic N) is 1. The van der Waals surface area contributed by atoms with Crippen molar-refractivity contribution in [3.05, 3.63) is 32.6 Å². The minimum atomic E-state index is 0.253. The molecule has 0 N–H and O–H groups in total. The molecule has 0 spiro atoms. The minimum absolute atomic E-state index is 0.253. The van der Waals surface area contributed by atoms with Crippen molar-refractivity contribution >= 4 is 33.0 Å². The molecule has 1 heterocycles. The van der Waals surface area contributed by atoms with Gasteiger partial charge in [-0.05, 0) is 39.4 Å². The van der Waals surface area contributed by atoms with E-state index < -0.39 is 0 Å². The van der Waals surface area contributed by atoms with E-state index in [0.717, 1.165) is 22.4 Å². The van der Waals surface area contributed by atoms with E-state index in [9.17, 15) is 4.79 Å². The summed E-state index contributed by atoms with van der Waals surface area (Å²) in [6.45, 7) is 0.876. The van der Waals surface area contributed by atoms with Gasteiger partial charge < -0.3 is 4.90 Å². The molecule has 0 radical (unpaired) electrons. The third-order valence-corrected chi connectivity index (χ3v) is 4.04. The Labute approximate surface area is 102 Å². The van der Waals surface area contributed by atoms with Crippen molar-refractivity contribution in [1.82, 2.24) is 4.90 Å². The minimum Gasteiger partial charge on any atom is -0.373 e. The predicted molar refractivity (Wildman–Crippen MR) is 65.8 cm³/mol. The molecule has 0 atom stereocenters. The lowest BCUT2D eigenvalue weighted by molar-refractivity contribution is -0.114. The second-order valence-corrected chi connectivity index (χ2v) is 6.01. The second kappa shape index (κ2) is 4.49. The third-order valence-electron chi connectivity index (χ3n) is 2.49. The SMILES string of the molecule is CN(Cc1csc(Br)c1)C1=CC(=O)CC1. The standard InChI is InChI=1S/C11H12BrNOS/c1-13(9-2-3-10(14)5-9)6-8-4-11(12)15-7-8/h4-5,7H,2-3,6H2,1H3. The number of hydrogen-bond donors (Lipinski definition) is 0. The average Bonchev–Trinajstić information content (AvgIpc) is 2.75. The molecule has 0 saturated carbocycles. The first kappa shape index (κ1) is 10.9. The van der Waals surface area contributed by atoms with E-state index in [1.165, 1.54) is 5.56 Å². The van der Waals surface area contributed by atoms with Crippen LogP contribution >= 0.6 is 27.3 Å². The molecule has 1 aromatic rings. The maximum Gasteiger partial charge on any atom is 0.157 e. The molecule has 1 aliphatic carbocycles. The zero-order valence-corrected chi connectivity index (χ0v) is 10.9. The number of carbonyl (C=O) groups excluding carboxylic acids is 1. The fourth-order valence-electron chi connectivity index (χ4n) is 1.69. The average molecular weight is 286 g/mol. The summed E-state index contributed by atoms with van der Waals surface area (Å²) in [5.41, 5.74) is 2.44. The Balaban J connectivity index is 2.01. The van der Waals surface area contributed by atoms with Gasteiger partial charge in [0, 0.05) is 31.8 Å². The van der Waals surface area contributed by atoms with Gasteiger partial charge in [0.1, 0.15) is 0 Å². The zero-order chi connectivity index (χ0) is 10.8. The van der Waals surface area contributed by atoms with Crippen molar-refractivity contribution in [1.29, 1.82) is 0 Å². The summed E-state index contributed by atoms with van der Waals surface area (Å²) >= 11 is 5.14. The van der Waals surface area contributed by atoms with E-state index in [1.807, 2.05) is 7.05 Å². The molecule has 1 aliphatic rings. The molecule has 0 saturated heterocycles. The molecule has 0 amide bonds. The van der Waals surface area contributed by atoms with Crippen LogP contribution in [-0.2, 0) is 11.3 Å². The van der Waals surface area contributed by atoms with Crippen LogP contribution < -0.4 is 0 Å². The lowest BCUT2D eigenvalue weighted by Gasteiger charge is -2.19. The summed E-state index contributed by atoms with van der Waals surface area (Å²) in [6, 6.07) is 2.12. The van der Waals surface area contributed by atoms with Crippen LogP contribution in [0.5, 0.6) is 0 Å². The van der Waals surface area contributed by atoms with Crippen molar-refractivity contribution in [2.75, 3.05) is 7.05 Å². The van der Waals surface area contributed by atoms with Gasteiger partial charge in [-0.2, -0.15) is 0 Å². The first-order valence-corrected chi connectivity index (χ1v) is 6.50. The lowest BCUT2D eigenvalue weighted by atomic mass is 10.3. The molecule has 2 rings (SSSR count). The van der Waals surface area contributed by atoms with Crippen LogP contribution in [0.1, 0.15) is 18.4 Å². The molecule has 0 bridgehead atoms. The number of rotatable bonds is 3. The van der Waals surface area contributed by atoms with E-state index in [1.54, 1.807) is 17.4 Å². The first-order valence-electron chi connectivity index (χ1n) is 4.82. The van der Waals surface area contributed by atoms with Crippen molar-refractivity contribution in [3.8, 4) is 0 Å². The van der Waals surface area contributed by atoms with Gasteiger partial charge in [-0.3, -0.25) is 4.79 Å². The quantitative estimate of drug-likeness (QED) is 0.850. The third kappa shape index (κ3) is 2.69. The van der Waals surface area contributed by atoms with Gasteiger partial charge in [0.05, 0.1) is 3.79 Å². The highest BCUT2D eigenvalue weighted by atomic mass is 79.9. The van der Waals surface area contributed by atoms with Crippen molar-refractivity contribution in [2.24, 2.45) is 0 Å². The topological polar surface area (TPSA) is 20.3 Å². The van der Waals surface area contributed by atoms with E-state index in [0.29, 0.717) is 6.42 Å². The predicted octanol–water partition coefficient (Wildman–Crippen LogP) is 3.19. The Hall–Kier alpha value is -0.610. The zero-order valence-electron chi connectivity index (χ0n) is 8.50. The van der Waals surface area contributed by atoms with Crippen LogP contribution in [-0.4, -0.2) is 17.7 Å². The number of thiophene rings is 1. The number of ketones is 1. The molecule has 0 aliphatic heterocycles. The summed E-state index contributed by atoms with van der Waals surface area (Å²) < 4.78 is 1.15. The van der Waals surface area contributed by atoms with Gasteiger partial charge in [0.25, 0.3) is 0 Å². The largest absolute Gasteiger partial charge is 0.373 e. The van der Waals surface area contributed by atoms with Crippen molar-refractivity contribution in [2.45, 2.75) is 19.4 Å². The van der Waals surface area contributed by atoms with Gasteiger partial charge in [-0.25, -0.2) is 0 Å². The molecular formula is C11H12BrNOS. The highest BCUT2D eigenvalue weighted by molar-refractivity contribution is 9.11. The molecule has 0 unspecified atom stereocenters. The Bertz CT molecular complexity index is 410. The van der Waals surface area contributed by atoms with Crippen molar-refractivity contribution < 1.29 is 4.79 Å². The van der Waals surface area contributed by atoms with Gasteiger partial charge in [0.2, 0.25) is 0 Å². The molecule has 1 aromatic heterocycles. The Morgan fingerprint density at radius 3 is 2.87 bits per heavy atom. The number of carbonyl (C=O) groups is 1. The Kier molecular flexibility index (Phi) is 3.26. The molecule has 0 fully saturated rings. The number of halogens is 1. The van der Waals surface area contributed by atoms with Crippen LogP contribution in [0.25, 0.3) is 0 Å². The van der Waals surface area contributed by atoms with E-state index >= 15 is 0 Å². The summed E-state index contributed by atoms with van der Waals surface area (Å²) in [5, 5.41) is 2.14. The van der Waals surface area contributed by atoms with Crippen LogP contribution in [0.2, 0.25) is 0 Å². The van der Waals surface area contributed by atoms with Gasteiger partial charge in [0.15, 0.2) is 5.78 Å². The van der Waals surface area contributed by atoms with E-state index in [2.05, 4.69) is 32.3 Å². The highest BCUT2D eigenvalue weighted by Gasteiger charge is 2.15. The Morgan fingerprint density at radius 1 is 1.53 bits per heavy atom. The molecule has 80 valence electrons. The van der Waals surface area contributed by atoms with Crippen LogP contribution in [0, 0.1) is 0 Å². The van der Waals surface area contributed by atoms with Gasteiger partial charge >= 0.3 is 0 Å². The van der Waals surface area contributed by atoms with E-state index in [4.69, 9.17) is 0 Å². The molecule has 15 heavy (non-hydrogen) atoms. The van der Waals surface area contributed by atoms with Gasteiger partial charge in [-0.15, -0.1) is 11.3 Å². The van der Waals surface area contributed by atoms with E-state index in [-0.39, 0.29) is 5.78 Å². The summed E-state index contributed by atoms with van der Waals surface area (Å²) in [4.78, 5) is 13.3. The fraction of sp³-hybridized carbons (Fsp3) is 0.364. The summed E-state index contributed by atoms with van der Waals surface area (Å²) in [7, 11) is 2.04. The molecule has 4 heteroatoms. The molecule has 2 nitrogen and oxygen atoms in total.